The lowest BCUT2D eigenvalue weighted by Crippen LogP contribution is -2.27. The molecule has 0 aliphatic rings. The summed E-state index contributed by atoms with van der Waals surface area (Å²) in [4.78, 5) is 33.2. The van der Waals surface area contributed by atoms with Crippen molar-refractivity contribution >= 4 is 29.3 Å². The van der Waals surface area contributed by atoms with Crippen molar-refractivity contribution in [2.75, 3.05) is 0 Å². The van der Waals surface area contributed by atoms with Gasteiger partial charge in [-0.2, -0.15) is 0 Å². The van der Waals surface area contributed by atoms with Crippen LogP contribution in [-0.4, -0.2) is 39.1 Å². The summed E-state index contributed by atoms with van der Waals surface area (Å²) >= 11 is 5.90. The lowest BCUT2D eigenvalue weighted by molar-refractivity contribution is -0.150. The lowest BCUT2D eigenvalue weighted by Gasteiger charge is -2.17. The largest absolute Gasteiger partial charge is 0.479 e. The highest BCUT2D eigenvalue weighted by molar-refractivity contribution is 6.32. The zero-order valence-corrected chi connectivity index (χ0v) is 15.4. The molecule has 2 aromatic carbocycles. The zero-order valence-electron chi connectivity index (χ0n) is 14.6. The number of halogens is 2. The summed E-state index contributed by atoms with van der Waals surface area (Å²) in [5, 5.41) is 27.6. The SMILES string of the molecule is O=C(O)C(=O)C[C@H](Cc1ccc(-c2cc(Cl)ccc2F)cc1)C[C@@H](O)C(=O)O. The second-order valence-corrected chi connectivity index (χ2v) is 6.85. The Hall–Kier alpha value is -2.77. The number of carboxylic acid groups (broad SMARTS) is 2. The molecule has 0 spiro atoms. The van der Waals surface area contributed by atoms with Gasteiger partial charge < -0.3 is 15.3 Å². The smallest absolute Gasteiger partial charge is 0.372 e. The maximum Gasteiger partial charge on any atom is 0.372 e. The Morgan fingerprint density at radius 1 is 1.04 bits per heavy atom. The quantitative estimate of drug-likeness (QED) is 0.549. The van der Waals surface area contributed by atoms with Gasteiger partial charge in [-0.1, -0.05) is 35.9 Å². The zero-order chi connectivity index (χ0) is 20.8. The maximum atomic E-state index is 14.0. The van der Waals surface area contributed by atoms with Crippen molar-refractivity contribution in [2.24, 2.45) is 5.92 Å². The van der Waals surface area contributed by atoms with Gasteiger partial charge in [-0.3, -0.25) is 4.79 Å². The first-order valence-corrected chi connectivity index (χ1v) is 8.76. The Bertz CT molecular complexity index is 881. The third-order valence-electron chi connectivity index (χ3n) is 4.27. The number of aliphatic hydroxyl groups excluding tert-OH is 1. The highest BCUT2D eigenvalue weighted by Gasteiger charge is 2.25. The number of ketones is 1. The van der Waals surface area contributed by atoms with E-state index in [1.165, 1.54) is 18.2 Å². The second kappa shape index (κ2) is 9.43. The number of rotatable bonds is 9. The first-order chi connectivity index (χ1) is 13.2. The summed E-state index contributed by atoms with van der Waals surface area (Å²) in [7, 11) is 0. The minimum Gasteiger partial charge on any atom is -0.479 e. The summed E-state index contributed by atoms with van der Waals surface area (Å²) < 4.78 is 14.0. The highest BCUT2D eigenvalue weighted by atomic mass is 35.5. The van der Waals surface area contributed by atoms with E-state index in [-0.39, 0.29) is 12.8 Å². The van der Waals surface area contributed by atoms with Gasteiger partial charge in [-0.15, -0.1) is 0 Å². The molecule has 0 aliphatic carbocycles. The molecular formula is C20H18ClFO6. The van der Waals surface area contributed by atoms with Crippen molar-refractivity contribution in [2.45, 2.75) is 25.4 Å². The maximum absolute atomic E-state index is 14.0. The van der Waals surface area contributed by atoms with E-state index in [0.29, 0.717) is 21.7 Å². The van der Waals surface area contributed by atoms with E-state index < -0.39 is 42.0 Å². The fourth-order valence-corrected chi connectivity index (χ4v) is 3.05. The van der Waals surface area contributed by atoms with Gasteiger partial charge in [0.1, 0.15) is 5.82 Å². The average molecular weight is 409 g/mol. The molecule has 0 heterocycles. The van der Waals surface area contributed by atoms with Crippen LogP contribution in [0, 0.1) is 11.7 Å². The Morgan fingerprint density at radius 3 is 2.25 bits per heavy atom. The van der Waals surface area contributed by atoms with Crippen LogP contribution in [0.1, 0.15) is 18.4 Å². The lowest BCUT2D eigenvalue weighted by atomic mass is 9.88. The normalized spacial score (nSPS) is 13.0. The van der Waals surface area contributed by atoms with Gasteiger partial charge in [-0.05, 0) is 48.1 Å². The molecule has 2 rings (SSSR count). The summed E-state index contributed by atoms with van der Waals surface area (Å²) in [5.41, 5.74) is 1.58. The van der Waals surface area contributed by atoms with E-state index >= 15 is 0 Å². The van der Waals surface area contributed by atoms with Crippen molar-refractivity contribution in [3.63, 3.8) is 0 Å². The molecule has 2 aromatic rings. The number of aliphatic carboxylic acids is 2. The Morgan fingerprint density at radius 2 is 1.68 bits per heavy atom. The number of hydrogen-bond donors (Lipinski definition) is 3. The summed E-state index contributed by atoms with van der Waals surface area (Å²) in [6, 6.07) is 10.8. The van der Waals surface area contributed by atoms with Crippen molar-refractivity contribution in [1.82, 2.24) is 0 Å². The molecule has 0 fully saturated rings. The van der Waals surface area contributed by atoms with Crippen LogP contribution in [0.25, 0.3) is 11.1 Å². The van der Waals surface area contributed by atoms with Crippen LogP contribution in [0.4, 0.5) is 4.39 Å². The number of Topliss-reactive ketones (excluding diaryl/α,β-unsaturated/α-hetero) is 1. The van der Waals surface area contributed by atoms with Crippen LogP contribution in [0.3, 0.4) is 0 Å². The van der Waals surface area contributed by atoms with Crippen molar-refractivity contribution in [3.8, 4) is 11.1 Å². The first kappa shape index (κ1) is 21.5. The molecule has 2 atom stereocenters. The average Bonchev–Trinajstić information content (AvgIpc) is 2.64. The summed E-state index contributed by atoms with van der Waals surface area (Å²) in [6.45, 7) is 0. The molecule has 0 aromatic heterocycles. The van der Waals surface area contributed by atoms with Crippen LogP contribution in [0.15, 0.2) is 42.5 Å². The Labute approximate surface area is 165 Å². The van der Waals surface area contributed by atoms with E-state index in [0.717, 1.165) is 0 Å². The number of hydrogen-bond acceptors (Lipinski definition) is 4. The van der Waals surface area contributed by atoms with Gasteiger partial charge in [-0.25, -0.2) is 14.0 Å². The van der Waals surface area contributed by atoms with Crippen LogP contribution < -0.4 is 0 Å². The number of aliphatic hydroxyl groups is 1. The molecule has 6 nitrogen and oxygen atoms in total. The molecular weight excluding hydrogens is 391 g/mol. The molecule has 0 aliphatic heterocycles. The predicted molar refractivity (Wildman–Crippen MR) is 99.6 cm³/mol. The number of benzene rings is 2. The standard InChI is InChI=1S/C20H18ClFO6/c21-14-5-6-16(22)15(10-14)13-3-1-11(2-4-13)7-12(8-17(23)19(25)26)9-18(24)20(27)28/h1-6,10,12,17,23H,7-9H2,(H,25,26)(H,27,28)/t12-,17-/m1/s1. The van der Waals surface area contributed by atoms with Crippen LogP contribution in [0.2, 0.25) is 5.02 Å². The number of carbonyl (C=O) groups is 3. The van der Waals surface area contributed by atoms with Gasteiger partial charge >= 0.3 is 11.9 Å². The van der Waals surface area contributed by atoms with Crippen molar-refractivity contribution in [3.05, 3.63) is 58.9 Å². The van der Waals surface area contributed by atoms with E-state index in [9.17, 15) is 23.9 Å². The molecule has 0 bridgehead atoms. The third-order valence-corrected chi connectivity index (χ3v) is 4.51. The molecule has 3 N–H and O–H groups in total. The molecule has 0 radical (unpaired) electrons. The molecule has 0 saturated heterocycles. The van der Waals surface area contributed by atoms with E-state index in [1.54, 1.807) is 24.3 Å². The monoisotopic (exact) mass is 408 g/mol. The highest BCUT2D eigenvalue weighted by Crippen LogP contribution is 2.27. The van der Waals surface area contributed by atoms with Gasteiger partial charge in [0, 0.05) is 17.0 Å². The van der Waals surface area contributed by atoms with Gasteiger partial charge in [0.05, 0.1) is 0 Å². The minimum absolute atomic E-state index is 0.182. The second-order valence-electron chi connectivity index (χ2n) is 6.41. The topological polar surface area (TPSA) is 112 Å². The Kier molecular flexibility index (Phi) is 7.25. The third kappa shape index (κ3) is 5.87. The molecule has 0 unspecified atom stereocenters. The summed E-state index contributed by atoms with van der Waals surface area (Å²) in [5.74, 6) is -5.23. The Balaban J connectivity index is 2.19. The number of carbonyl (C=O) groups excluding carboxylic acids is 1. The van der Waals surface area contributed by atoms with Crippen molar-refractivity contribution in [1.29, 1.82) is 0 Å². The first-order valence-electron chi connectivity index (χ1n) is 8.38. The van der Waals surface area contributed by atoms with Crippen LogP contribution in [0.5, 0.6) is 0 Å². The molecule has 28 heavy (non-hydrogen) atoms. The molecule has 0 saturated carbocycles. The van der Waals surface area contributed by atoms with Crippen LogP contribution >= 0.6 is 11.6 Å². The van der Waals surface area contributed by atoms with Crippen molar-refractivity contribution < 1.29 is 34.1 Å². The van der Waals surface area contributed by atoms with Gasteiger partial charge in [0.25, 0.3) is 0 Å². The molecule has 148 valence electrons. The molecule has 0 amide bonds. The summed E-state index contributed by atoms with van der Waals surface area (Å²) in [6.07, 6.45) is -2.18. The fraction of sp³-hybridized carbons (Fsp3) is 0.250. The van der Waals surface area contributed by atoms with Gasteiger partial charge in [0.15, 0.2) is 6.10 Å². The van der Waals surface area contributed by atoms with E-state index in [4.69, 9.17) is 21.8 Å². The minimum atomic E-state index is -1.70. The van der Waals surface area contributed by atoms with Gasteiger partial charge in [0.2, 0.25) is 5.78 Å². The van der Waals surface area contributed by atoms with E-state index in [2.05, 4.69) is 0 Å². The molecule has 8 heteroatoms. The fourth-order valence-electron chi connectivity index (χ4n) is 2.88. The van der Waals surface area contributed by atoms with E-state index in [1.807, 2.05) is 0 Å². The number of carboxylic acids is 2. The predicted octanol–water partition coefficient (Wildman–Crippen LogP) is 3.18. The van der Waals surface area contributed by atoms with Crippen LogP contribution in [-0.2, 0) is 20.8 Å².